The summed E-state index contributed by atoms with van der Waals surface area (Å²) < 4.78 is 2.40. The van der Waals surface area contributed by atoms with Crippen LogP contribution < -0.4 is 0 Å². The van der Waals surface area contributed by atoms with Crippen LogP contribution in [0.3, 0.4) is 0 Å². The van der Waals surface area contributed by atoms with Crippen LogP contribution in [-0.4, -0.2) is 39.9 Å². The van der Waals surface area contributed by atoms with Gasteiger partial charge in [0.05, 0.1) is 51.1 Å². The monoisotopic (exact) mass is 1320 g/mol. The van der Waals surface area contributed by atoms with E-state index in [4.69, 9.17) is 19.9 Å². The molecule has 0 amide bonds. The minimum Gasteiger partial charge on any atom is -0.355 e. The van der Waals surface area contributed by atoms with Crippen LogP contribution in [-0.2, 0) is 25.7 Å². The van der Waals surface area contributed by atoms with E-state index < -0.39 is 0 Å². The Morgan fingerprint density at radius 1 is 0.310 bits per heavy atom. The van der Waals surface area contributed by atoms with Gasteiger partial charge in [0.15, 0.2) is 0 Å². The third-order valence-corrected chi connectivity index (χ3v) is 22.8. The Morgan fingerprint density at radius 3 is 1.17 bits per heavy atom. The molecule has 0 atom stereocenters. The van der Waals surface area contributed by atoms with Crippen LogP contribution in [0.15, 0.2) is 140 Å². The molecule has 5 aromatic carbocycles. The highest BCUT2D eigenvalue weighted by Crippen LogP contribution is 2.51. The van der Waals surface area contributed by atoms with E-state index in [0.717, 1.165) is 186 Å². The predicted octanol–water partition coefficient (Wildman–Crippen LogP) is 25.2. The van der Waals surface area contributed by atoms with Crippen molar-refractivity contribution in [3.63, 3.8) is 0 Å². The molecule has 4 N–H and O–H groups in total. The Morgan fingerprint density at radius 2 is 0.700 bits per heavy atom. The van der Waals surface area contributed by atoms with Gasteiger partial charge in [-0.15, -0.1) is 11.3 Å². The summed E-state index contributed by atoms with van der Waals surface area (Å²) in [6.45, 7) is 29.4. The number of H-pyrrole nitrogens is 4. The average Bonchev–Trinajstić information content (AvgIpc) is 1.58. The first kappa shape index (κ1) is 64.2. The third kappa shape index (κ3) is 10.5. The topological polar surface area (TPSA) is 115 Å². The summed E-state index contributed by atoms with van der Waals surface area (Å²) in [5.74, 6) is 0. The van der Waals surface area contributed by atoms with Crippen LogP contribution >= 0.6 is 11.3 Å². The van der Waals surface area contributed by atoms with Gasteiger partial charge in [-0.2, -0.15) is 0 Å². The molecule has 4 aliphatic heterocycles. The van der Waals surface area contributed by atoms with Gasteiger partial charge in [-0.05, 0) is 225 Å². The van der Waals surface area contributed by atoms with Crippen molar-refractivity contribution in [2.24, 2.45) is 0 Å². The Balaban J connectivity index is 1.03. The summed E-state index contributed by atoms with van der Waals surface area (Å²) in [7, 11) is 0. The molecule has 12 aromatic rings. The molecule has 0 fully saturated rings. The van der Waals surface area contributed by atoms with E-state index in [0.29, 0.717) is 0 Å². The van der Waals surface area contributed by atoms with Gasteiger partial charge in [0.25, 0.3) is 0 Å². The van der Waals surface area contributed by atoms with Gasteiger partial charge in [0, 0.05) is 97.7 Å². The summed E-state index contributed by atoms with van der Waals surface area (Å²) in [5, 5.41) is 2.40. The van der Waals surface area contributed by atoms with Crippen molar-refractivity contribution in [3.05, 3.63) is 235 Å². The quantitative estimate of drug-likeness (QED) is 0.0920. The van der Waals surface area contributed by atoms with E-state index in [1.54, 1.807) is 0 Å². The number of allylic oxidation sites excluding steroid dienone is 4. The minimum absolute atomic E-state index is 0.832. The maximum Gasteiger partial charge on any atom is 0.0772 e. The van der Waals surface area contributed by atoms with Gasteiger partial charge in [-0.3, -0.25) is 0 Å². The van der Waals surface area contributed by atoms with Crippen LogP contribution in [0.4, 0.5) is 0 Å². The SMILES string of the molecule is CCC1=C(CC)c2cc3[nH]c(c(CC)c3CC)c(-c3cccc4c3sc3c(-c5c6nc(c(-c7ccc(C)cc7)c7ccc([nH]7)c(-c7c(C)cc(C)cc7C)c7nc(c(-c8ccc(C)cc8)c8ccc5[nH]8)C=C7)C=C6)cccc34)c3nc(cc4[nH]c(cc1n2)c(CC)c4CC)C(CC)=C3CC. The van der Waals surface area contributed by atoms with E-state index in [1.165, 1.54) is 104 Å². The Bertz CT molecular complexity index is 5850. The maximum atomic E-state index is 5.99. The average molecular weight is 1320 g/mol. The van der Waals surface area contributed by atoms with Crippen LogP contribution in [0.2, 0.25) is 0 Å². The van der Waals surface area contributed by atoms with Crippen molar-refractivity contribution in [1.29, 1.82) is 0 Å². The number of fused-ring (bicyclic) bond motifs is 19. The summed E-state index contributed by atoms with van der Waals surface area (Å²) in [6.07, 6.45) is 15.9. The lowest BCUT2D eigenvalue weighted by atomic mass is 9.92. The van der Waals surface area contributed by atoms with Crippen LogP contribution in [0.25, 0.3) is 167 Å². The van der Waals surface area contributed by atoms with Gasteiger partial charge >= 0.3 is 0 Å². The molecule has 11 heterocycles. The van der Waals surface area contributed by atoms with E-state index >= 15 is 0 Å². The molecule has 0 saturated carbocycles. The molecule has 0 radical (unpaired) electrons. The molecular formula is C91H86N8S. The summed E-state index contributed by atoms with van der Waals surface area (Å²) in [6, 6.07) is 52.3. The second-order valence-electron chi connectivity index (χ2n) is 27.5. The highest BCUT2D eigenvalue weighted by Gasteiger charge is 2.29. The number of aryl methyl sites for hydroxylation is 9. The number of benzene rings is 5. The van der Waals surface area contributed by atoms with Crippen molar-refractivity contribution in [2.75, 3.05) is 0 Å². The fraction of sp³-hybridized carbons (Fsp3) is 0.231. The first-order valence-corrected chi connectivity index (χ1v) is 37.2. The molecule has 100 heavy (non-hydrogen) atoms. The standard InChI is InChI=1S/C91H86N8S/c1-14-56-58(16-3)78-47-80-60(18-5)62(20-7)88(98-80)86(89-63(21-8)61(19-6)81(99-89)48-79-59(17-4)57(15-2)77(97-79)46-76(56)96-78)67-27-23-25-65-64-24-22-26-66(90(64)100-91(65)67)85-72-40-36-68(92-72)83(54-32-28-49(9)29-33-54)70-38-42-74(94-70)87(82-52(12)44-51(11)45-53(82)13)75-43-39-71(95-75)84(69-37-41-73(85)93-69)55-34-30-50(10)31-35-55/h22-48,92,95-96,99H,14-21H2,1-13H3. The molecule has 4 aliphatic rings. The molecule has 496 valence electrons. The number of rotatable bonds is 13. The number of nitrogens with one attached hydrogen (secondary N) is 4. The summed E-state index contributed by atoms with van der Waals surface area (Å²) in [5.41, 5.74) is 43.7. The lowest BCUT2D eigenvalue weighted by molar-refractivity contribution is 1.07. The van der Waals surface area contributed by atoms with E-state index in [-0.39, 0.29) is 0 Å². The lowest BCUT2D eigenvalue weighted by Crippen LogP contribution is -1.94. The molecule has 0 spiro atoms. The van der Waals surface area contributed by atoms with Gasteiger partial charge in [0.1, 0.15) is 0 Å². The molecule has 16 bridgehead atoms. The molecule has 0 unspecified atom stereocenters. The smallest absolute Gasteiger partial charge is 0.0772 e. The number of thiophene rings is 1. The molecule has 0 aliphatic carbocycles. The zero-order valence-corrected chi connectivity index (χ0v) is 60.8. The minimum atomic E-state index is 0.832. The predicted molar refractivity (Wildman–Crippen MR) is 429 cm³/mol. The van der Waals surface area contributed by atoms with Gasteiger partial charge in [0.2, 0.25) is 0 Å². The van der Waals surface area contributed by atoms with Crippen LogP contribution in [0.1, 0.15) is 177 Å². The fourth-order valence-electron chi connectivity index (χ4n) is 17.0. The van der Waals surface area contributed by atoms with Crippen molar-refractivity contribution >= 4 is 122 Å². The largest absolute Gasteiger partial charge is 0.355 e. The van der Waals surface area contributed by atoms with Gasteiger partial charge < -0.3 is 19.9 Å². The first-order chi connectivity index (χ1) is 48.7. The molecule has 9 heteroatoms. The fourth-order valence-corrected chi connectivity index (χ4v) is 18.4. The maximum absolute atomic E-state index is 5.99. The number of hydrogen-bond acceptors (Lipinski definition) is 5. The van der Waals surface area contributed by atoms with E-state index in [9.17, 15) is 0 Å². The second-order valence-corrected chi connectivity index (χ2v) is 28.6. The normalized spacial score (nSPS) is 13.0. The van der Waals surface area contributed by atoms with E-state index in [2.05, 4.69) is 274 Å². The van der Waals surface area contributed by atoms with Crippen molar-refractivity contribution in [2.45, 2.75) is 141 Å². The Hall–Kier alpha value is -10.5. The van der Waals surface area contributed by atoms with Crippen molar-refractivity contribution < 1.29 is 0 Å². The van der Waals surface area contributed by atoms with Gasteiger partial charge in [-0.1, -0.05) is 169 Å². The van der Waals surface area contributed by atoms with E-state index in [1.807, 2.05) is 11.3 Å². The zero-order chi connectivity index (χ0) is 68.9. The number of aromatic nitrogens is 8. The number of nitrogens with zero attached hydrogens (tertiary/aromatic N) is 4. The number of aromatic amines is 4. The number of hydrogen-bond donors (Lipinski definition) is 4. The Labute approximate surface area is 590 Å². The first-order valence-electron chi connectivity index (χ1n) is 36.3. The summed E-state index contributed by atoms with van der Waals surface area (Å²) in [4.78, 5) is 39.5. The lowest BCUT2D eigenvalue weighted by Gasteiger charge is -2.13. The van der Waals surface area contributed by atoms with Crippen LogP contribution in [0, 0.1) is 34.6 Å². The highest BCUT2D eigenvalue weighted by molar-refractivity contribution is 7.27. The highest BCUT2D eigenvalue weighted by atomic mass is 32.1. The Kier molecular flexibility index (Phi) is 16.5. The van der Waals surface area contributed by atoms with Crippen molar-refractivity contribution in [3.8, 4) is 55.6 Å². The molecule has 8 nitrogen and oxygen atoms in total. The third-order valence-electron chi connectivity index (χ3n) is 21.5. The molecule has 0 saturated heterocycles. The second kappa shape index (κ2) is 25.7. The summed E-state index contributed by atoms with van der Waals surface area (Å²) >= 11 is 1.88. The zero-order valence-electron chi connectivity index (χ0n) is 59.9. The van der Waals surface area contributed by atoms with Crippen molar-refractivity contribution in [1.82, 2.24) is 39.9 Å². The van der Waals surface area contributed by atoms with Gasteiger partial charge in [-0.25, -0.2) is 19.9 Å². The van der Waals surface area contributed by atoms with Crippen LogP contribution in [0.5, 0.6) is 0 Å². The molecular weight excluding hydrogens is 1240 g/mol. The molecule has 16 rings (SSSR count). The molecule has 7 aromatic heterocycles.